The molecule has 0 aromatic heterocycles. The number of benzene rings is 1. The monoisotopic (exact) mass is 379 g/mol. The van der Waals surface area contributed by atoms with Gasteiger partial charge >= 0.3 is 5.97 Å². The van der Waals surface area contributed by atoms with Gasteiger partial charge in [0.15, 0.2) is 16.4 Å². The van der Waals surface area contributed by atoms with E-state index in [0.717, 1.165) is 0 Å². The summed E-state index contributed by atoms with van der Waals surface area (Å²) in [6, 6.07) is 4.49. The molecule has 1 aromatic carbocycles. The lowest BCUT2D eigenvalue weighted by atomic mass is 10.0. The van der Waals surface area contributed by atoms with E-state index >= 15 is 0 Å². The highest BCUT2D eigenvalue weighted by atomic mass is 35.5. The summed E-state index contributed by atoms with van der Waals surface area (Å²) in [7, 11) is -3.14. The Bertz CT molecular complexity index is 750. The van der Waals surface area contributed by atoms with Crippen LogP contribution in [0.4, 0.5) is 0 Å². The summed E-state index contributed by atoms with van der Waals surface area (Å²) in [6.45, 7) is 1.11. The van der Waals surface area contributed by atoms with Crippen LogP contribution >= 0.6 is 23.2 Å². The lowest BCUT2D eigenvalue weighted by Crippen LogP contribution is -2.48. The van der Waals surface area contributed by atoms with Gasteiger partial charge in [0.2, 0.25) is 0 Å². The molecule has 1 aromatic rings. The van der Waals surface area contributed by atoms with Crippen LogP contribution in [0.15, 0.2) is 18.2 Å². The van der Waals surface area contributed by atoms with E-state index in [2.05, 4.69) is 5.32 Å². The molecule has 126 valence electrons. The van der Waals surface area contributed by atoms with E-state index < -0.39 is 33.9 Å². The normalized spacial score (nSPS) is 22.6. The average molecular weight is 380 g/mol. The van der Waals surface area contributed by atoms with Gasteiger partial charge in [0.05, 0.1) is 32.7 Å². The highest BCUT2D eigenvalue weighted by Gasteiger charge is 2.39. The average Bonchev–Trinajstić information content (AvgIpc) is 2.72. The molecule has 23 heavy (non-hydrogen) atoms. The molecule has 1 aliphatic heterocycles. The fourth-order valence-electron chi connectivity index (χ4n) is 2.35. The van der Waals surface area contributed by atoms with Crippen LogP contribution in [0, 0.1) is 0 Å². The predicted octanol–water partition coefficient (Wildman–Crippen LogP) is 1.84. The van der Waals surface area contributed by atoms with E-state index in [1.54, 1.807) is 6.92 Å². The summed E-state index contributed by atoms with van der Waals surface area (Å²) in [5.74, 6) is -1.45. The van der Waals surface area contributed by atoms with Crippen molar-refractivity contribution >= 4 is 44.9 Å². The number of rotatable bonds is 4. The highest BCUT2D eigenvalue weighted by Crippen LogP contribution is 2.26. The molecule has 0 spiro atoms. The second kappa shape index (κ2) is 6.67. The quantitative estimate of drug-likeness (QED) is 0.806. The standard InChI is InChI=1S/C14H15Cl2NO5S/c1-14(5-6-23(20,21)8-14)17-11(18)7-22-13(19)9-3-2-4-10(15)12(9)16/h2-4H,5-8H2,1H3,(H,17,18)/t14-/m1/s1. The number of hydrogen-bond acceptors (Lipinski definition) is 5. The Morgan fingerprint density at radius 3 is 2.65 bits per heavy atom. The highest BCUT2D eigenvalue weighted by molar-refractivity contribution is 7.91. The zero-order valence-corrected chi connectivity index (χ0v) is 14.6. The van der Waals surface area contributed by atoms with E-state index in [4.69, 9.17) is 27.9 Å². The number of esters is 1. The second-order valence-corrected chi connectivity index (χ2v) is 8.60. The van der Waals surface area contributed by atoms with Crippen molar-refractivity contribution in [2.75, 3.05) is 18.1 Å². The third-order valence-corrected chi connectivity index (χ3v) is 6.17. The maximum absolute atomic E-state index is 11.9. The predicted molar refractivity (Wildman–Crippen MR) is 86.6 cm³/mol. The summed E-state index contributed by atoms with van der Waals surface area (Å²) in [5.41, 5.74) is -0.780. The number of carbonyl (C=O) groups is 2. The first-order chi connectivity index (χ1) is 10.6. The zero-order chi connectivity index (χ0) is 17.3. The number of ether oxygens (including phenoxy) is 1. The molecule has 1 atom stereocenters. The van der Waals surface area contributed by atoms with Crippen LogP contribution in [0.1, 0.15) is 23.7 Å². The van der Waals surface area contributed by atoms with Crippen molar-refractivity contribution < 1.29 is 22.7 Å². The molecule has 1 saturated heterocycles. The van der Waals surface area contributed by atoms with Crippen molar-refractivity contribution in [2.24, 2.45) is 0 Å². The van der Waals surface area contributed by atoms with Crippen LogP contribution in [0.2, 0.25) is 10.0 Å². The van der Waals surface area contributed by atoms with E-state index in [9.17, 15) is 18.0 Å². The van der Waals surface area contributed by atoms with Crippen molar-refractivity contribution in [3.8, 4) is 0 Å². The molecule has 6 nitrogen and oxygen atoms in total. The SMILES string of the molecule is C[C@@]1(NC(=O)COC(=O)c2cccc(Cl)c2Cl)CCS(=O)(=O)C1. The molecule has 0 aliphatic carbocycles. The Hall–Kier alpha value is -1.31. The zero-order valence-electron chi connectivity index (χ0n) is 12.3. The topological polar surface area (TPSA) is 89.5 Å². The Balaban J connectivity index is 1.92. The van der Waals surface area contributed by atoms with Crippen LogP contribution in [0.25, 0.3) is 0 Å². The molecule has 9 heteroatoms. The van der Waals surface area contributed by atoms with Crippen LogP contribution in [0.5, 0.6) is 0 Å². The van der Waals surface area contributed by atoms with Gasteiger partial charge in [-0.1, -0.05) is 29.3 Å². The number of nitrogens with one attached hydrogen (secondary N) is 1. The Morgan fingerprint density at radius 2 is 2.04 bits per heavy atom. The third kappa shape index (κ3) is 4.59. The van der Waals surface area contributed by atoms with Gasteiger partial charge in [0.25, 0.3) is 5.91 Å². The first-order valence-electron chi connectivity index (χ1n) is 6.74. The van der Waals surface area contributed by atoms with E-state index in [-0.39, 0.29) is 27.1 Å². The van der Waals surface area contributed by atoms with E-state index in [1.165, 1.54) is 18.2 Å². The van der Waals surface area contributed by atoms with Crippen molar-refractivity contribution in [2.45, 2.75) is 18.9 Å². The molecule has 0 radical (unpaired) electrons. The molecule has 1 heterocycles. The Kier molecular flexibility index (Phi) is 5.23. The van der Waals surface area contributed by atoms with Gasteiger partial charge in [-0.3, -0.25) is 4.79 Å². The van der Waals surface area contributed by atoms with Crippen LogP contribution in [-0.2, 0) is 19.4 Å². The van der Waals surface area contributed by atoms with Gasteiger partial charge < -0.3 is 10.1 Å². The van der Waals surface area contributed by atoms with Crippen LogP contribution in [-0.4, -0.2) is 43.9 Å². The molecule has 0 unspecified atom stereocenters. The molecule has 1 aliphatic rings. The lowest BCUT2D eigenvalue weighted by molar-refractivity contribution is -0.125. The molecule has 1 amide bonds. The minimum atomic E-state index is -3.14. The lowest BCUT2D eigenvalue weighted by Gasteiger charge is -2.23. The van der Waals surface area contributed by atoms with Crippen LogP contribution in [0.3, 0.4) is 0 Å². The Morgan fingerprint density at radius 1 is 1.35 bits per heavy atom. The minimum Gasteiger partial charge on any atom is -0.452 e. The summed E-state index contributed by atoms with van der Waals surface area (Å²) in [6.07, 6.45) is 0.329. The van der Waals surface area contributed by atoms with E-state index in [1.807, 2.05) is 0 Å². The van der Waals surface area contributed by atoms with Gasteiger partial charge in [0, 0.05) is 0 Å². The number of hydrogen-bond donors (Lipinski definition) is 1. The van der Waals surface area contributed by atoms with Crippen molar-refractivity contribution in [1.82, 2.24) is 5.32 Å². The number of carbonyl (C=O) groups excluding carboxylic acids is 2. The van der Waals surface area contributed by atoms with Crippen molar-refractivity contribution in [1.29, 1.82) is 0 Å². The first kappa shape index (κ1) is 18.0. The summed E-state index contributed by atoms with van der Waals surface area (Å²) < 4.78 is 27.9. The van der Waals surface area contributed by atoms with Gasteiger partial charge in [-0.2, -0.15) is 0 Å². The number of halogens is 2. The maximum Gasteiger partial charge on any atom is 0.340 e. The summed E-state index contributed by atoms with van der Waals surface area (Å²) >= 11 is 11.7. The molecule has 0 saturated carbocycles. The number of amides is 1. The molecular formula is C14H15Cl2NO5S. The third-order valence-electron chi connectivity index (χ3n) is 3.45. The van der Waals surface area contributed by atoms with Gasteiger partial charge in [-0.05, 0) is 25.5 Å². The first-order valence-corrected chi connectivity index (χ1v) is 9.32. The van der Waals surface area contributed by atoms with E-state index in [0.29, 0.717) is 6.42 Å². The maximum atomic E-state index is 11.9. The van der Waals surface area contributed by atoms with Gasteiger partial charge in [-0.25, -0.2) is 13.2 Å². The molecule has 2 rings (SSSR count). The number of sulfone groups is 1. The van der Waals surface area contributed by atoms with Gasteiger partial charge in [-0.15, -0.1) is 0 Å². The minimum absolute atomic E-state index is 0.0295. The largest absolute Gasteiger partial charge is 0.452 e. The molecular weight excluding hydrogens is 365 g/mol. The molecule has 1 N–H and O–H groups in total. The smallest absolute Gasteiger partial charge is 0.340 e. The molecule has 0 bridgehead atoms. The van der Waals surface area contributed by atoms with Gasteiger partial charge in [0.1, 0.15) is 0 Å². The molecule has 1 fully saturated rings. The van der Waals surface area contributed by atoms with Crippen LogP contribution < -0.4 is 5.32 Å². The summed E-state index contributed by atoms with van der Waals surface area (Å²) in [4.78, 5) is 23.8. The fraction of sp³-hybridized carbons (Fsp3) is 0.429. The van der Waals surface area contributed by atoms with Crippen molar-refractivity contribution in [3.63, 3.8) is 0 Å². The second-order valence-electron chi connectivity index (χ2n) is 5.63. The Labute approximate surface area is 144 Å². The van der Waals surface area contributed by atoms with Crippen molar-refractivity contribution in [3.05, 3.63) is 33.8 Å². The summed E-state index contributed by atoms with van der Waals surface area (Å²) in [5, 5.41) is 2.84. The fourth-order valence-corrected chi connectivity index (χ4v) is 4.82.